The summed E-state index contributed by atoms with van der Waals surface area (Å²) in [6.45, 7) is 10.3. The van der Waals surface area contributed by atoms with Gasteiger partial charge in [0, 0.05) is 6.54 Å². The molecule has 0 atom stereocenters. The number of carbonyl (C=O) groups excluding carboxylic acids is 3. The highest BCUT2D eigenvalue weighted by Crippen LogP contribution is 2.34. The smallest absolute Gasteiger partial charge is 0.348 e. The fraction of sp³-hybridized carbons (Fsp3) is 0.346. The third-order valence-corrected chi connectivity index (χ3v) is 7.67. The lowest BCUT2D eigenvalue weighted by molar-refractivity contribution is -0.113. The molecule has 0 radical (unpaired) electrons. The highest BCUT2D eigenvalue weighted by atomic mass is 32.2. The molecule has 0 aliphatic heterocycles. The number of amides is 1. The van der Waals surface area contributed by atoms with Crippen molar-refractivity contribution in [1.82, 2.24) is 14.8 Å². The second-order valence-corrected chi connectivity index (χ2v) is 10.4. The van der Waals surface area contributed by atoms with Gasteiger partial charge in [0.25, 0.3) is 0 Å². The summed E-state index contributed by atoms with van der Waals surface area (Å²) in [5.41, 5.74) is 1.72. The van der Waals surface area contributed by atoms with Gasteiger partial charge in [0.05, 0.1) is 25.5 Å². The number of nitrogens with zero attached hydrogens (tertiary/aromatic N) is 3. The summed E-state index contributed by atoms with van der Waals surface area (Å²) in [6.07, 6.45) is 1.71. The van der Waals surface area contributed by atoms with Crippen LogP contribution in [0.15, 0.2) is 42.1 Å². The molecule has 38 heavy (non-hydrogen) atoms. The van der Waals surface area contributed by atoms with Crippen molar-refractivity contribution in [2.45, 2.75) is 45.0 Å². The zero-order chi connectivity index (χ0) is 27.8. The van der Waals surface area contributed by atoms with Gasteiger partial charge in [-0.05, 0) is 36.1 Å². The predicted octanol–water partition coefficient (Wildman–Crippen LogP) is 4.84. The minimum absolute atomic E-state index is 0.0160. The molecule has 3 aromatic rings. The minimum atomic E-state index is -0.661. The number of hydrogen-bond donors (Lipinski definition) is 1. The maximum absolute atomic E-state index is 12.8. The Balaban J connectivity index is 1.69. The molecule has 12 heteroatoms. The number of esters is 2. The minimum Gasteiger partial charge on any atom is -0.486 e. The second kappa shape index (κ2) is 13.2. The van der Waals surface area contributed by atoms with Crippen molar-refractivity contribution in [1.29, 1.82) is 0 Å². The molecule has 1 amide bonds. The Morgan fingerprint density at radius 1 is 1.13 bits per heavy atom. The van der Waals surface area contributed by atoms with Gasteiger partial charge < -0.3 is 19.5 Å². The molecule has 3 rings (SSSR count). The fourth-order valence-electron chi connectivity index (χ4n) is 3.47. The Morgan fingerprint density at radius 3 is 2.42 bits per heavy atom. The molecule has 0 unspecified atom stereocenters. The van der Waals surface area contributed by atoms with Crippen LogP contribution in [0.25, 0.3) is 0 Å². The summed E-state index contributed by atoms with van der Waals surface area (Å²) < 4.78 is 17.3. The maximum Gasteiger partial charge on any atom is 0.348 e. The van der Waals surface area contributed by atoms with E-state index >= 15 is 0 Å². The van der Waals surface area contributed by atoms with Crippen molar-refractivity contribution in [2.24, 2.45) is 0 Å². The van der Waals surface area contributed by atoms with Crippen molar-refractivity contribution in [3.05, 3.63) is 64.3 Å². The number of rotatable bonds is 12. The number of aromatic nitrogens is 3. The van der Waals surface area contributed by atoms with Crippen molar-refractivity contribution in [3.63, 3.8) is 0 Å². The molecule has 0 aliphatic carbocycles. The molecule has 10 nitrogen and oxygen atoms in total. The van der Waals surface area contributed by atoms with Crippen LogP contribution in [0.1, 0.15) is 56.7 Å². The molecule has 2 heterocycles. The largest absolute Gasteiger partial charge is 0.486 e. The standard InChI is InChI=1S/C26H30N4O6S2/c1-7-12-30-19(13-36-18-10-8-17(9-11-18)15(2)3)28-29-26(30)37-14-20(31)27-23-21(24(32)34-5)16(4)22(38-23)25(33)35-6/h7-11,15H,1,12-14H2,2-6H3,(H,27,31). The Hall–Kier alpha value is -3.64. The lowest BCUT2D eigenvalue weighted by atomic mass is 10.0. The molecule has 0 fully saturated rings. The first kappa shape index (κ1) is 28.9. The normalized spacial score (nSPS) is 10.8. The summed E-state index contributed by atoms with van der Waals surface area (Å²) in [5.74, 6) is 0.0660. The first-order valence-electron chi connectivity index (χ1n) is 11.7. The number of methoxy groups -OCH3 is 2. The number of allylic oxidation sites excluding steroid dienone is 1. The molecule has 0 aliphatic rings. The lowest BCUT2D eigenvalue weighted by Crippen LogP contribution is -2.16. The van der Waals surface area contributed by atoms with Crippen LogP contribution in [0.2, 0.25) is 0 Å². The topological polar surface area (TPSA) is 122 Å². The van der Waals surface area contributed by atoms with Crippen LogP contribution in [-0.2, 0) is 27.4 Å². The van der Waals surface area contributed by atoms with E-state index < -0.39 is 17.8 Å². The number of anilines is 1. The highest BCUT2D eigenvalue weighted by molar-refractivity contribution is 7.99. The number of carbonyl (C=O) groups is 3. The lowest BCUT2D eigenvalue weighted by Gasteiger charge is -2.10. The van der Waals surface area contributed by atoms with Crippen LogP contribution < -0.4 is 10.1 Å². The molecule has 2 aromatic heterocycles. The molecule has 0 saturated carbocycles. The number of benzene rings is 1. The van der Waals surface area contributed by atoms with E-state index in [0.717, 1.165) is 17.1 Å². The third kappa shape index (κ3) is 6.81. The zero-order valence-corrected chi connectivity index (χ0v) is 23.5. The van der Waals surface area contributed by atoms with Crippen molar-refractivity contribution >= 4 is 45.9 Å². The zero-order valence-electron chi connectivity index (χ0n) is 21.9. The number of thiophene rings is 1. The van der Waals surface area contributed by atoms with Gasteiger partial charge in [0.2, 0.25) is 5.91 Å². The van der Waals surface area contributed by atoms with Crippen LogP contribution in [-0.4, -0.2) is 52.6 Å². The molecule has 1 aromatic carbocycles. The van der Waals surface area contributed by atoms with E-state index in [1.165, 1.54) is 31.5 Å². The predicted molar refractivity (Wildman–Crippen MR) is 146 cm³/mol. The third-order valence-electron chi connectivity index (χ3n) is 5.51. The molecule has 0 bridgehead atoms. The van der Waals surface area contributed by atoms with Gasteiger partial charge in [-0.25, -0.2) is 9.59 Å². The fourth-order valence-corrected chi connectivity index (χ4v) is 5.37. The SMILES string of the molecule is C=CCn1c(COc2ccc(C(C)C)cc2)nnc1SCC(=O)Nc1sc(C(=O)OC)c(C)c1C(=O)OC. The summed E-state index contributed by atoms with van der Waals surface area (Å²) >= 11 is 2.13. The molecule has 0 spiro atoms. The second-order valence-electron chi connectivity index (χ2n) is 8.39. The van der Waals surface area contributed by atoms with Gasteiger partial charge >= 0.3 is 11.9 Å². The Labute approximate surface area is 229 Å². The Morgan fingerprint density at radius 2 is 1.82 bits per heavy atom. The van der Waals surface area contributed by atoms with Crippen molar-refractivity contribution in [2.75, 3.05) is 25.3 Å². The van der Waals surface area contributed by atoms with E-state index in [0.29, 0.717) is 29.0 Å². The van der Waals surface area contributed by atoms with Gasteiger partial charge in [-0.2, -0.15) is 0 Å². The van der Waals surface area contributed by atoms with Gasteiger partial charge in [0.15, 0.2) is 11.0 Å². The molecular weight excluding hydrogens is 528 g/mol. The Bertz CT molecular complexity index is 1310. The quantitative estimate of drug-likeness (QED) is 0.189. The van der Waals surface area contributed by atoms with E-state index in [9.17, 15) is 14.4 Å². The van der Waals surface area contributed by atoms with Crippen LogP contribution >= 0.6 is 23.1 Å². The van der Waals surface area contributed by atoms with E-state index in [-0.39, 0.29) is 27.8 Å². The van der Waals surface area contributed by atoms with Crippen molar-refractivity contribution in [3.8, 4) is 5.75 Å². The number of thioether (sulfide) groups is 1. The molecule has 1 N–H and O–H groups in total. The van der Waals surface area contributed by atoms with Crippen molar-refractivity contribution < 1.29 is 28.6 Å². The molecule has 202 valence electrons. The van der Waals surface area contributed by atoms with Crippen LogP contribution in [0.4, 0.5) is 5.00 Å². The van der Waals surface area contributed by atoms with Gasteiger partial charge in [-0.1, -0.05) is 43.8 Å². The number of hydrogen-bond acceptors (Lipinski definition) is 10. The summed E-state index contributed by atoms with van der Waals surface area (Å²) in [7, 11) is 2.47. The summed E-state index contributed by atoms with van der Waals surface area (Å²) in [6, 6.07) is 7.90. The molecular formula is C26H30N4O6S2. The monoisotopic (exact) mass is 558 g/mol. The average Bonchev–Trinajstić information content (AvgIpc) is 3.45. The van der Waals surface area contributed by atoms with E-state index in [1.807, 2.05) is 28.8 Å². The van der Waals surface area contributed by atoms with Gasteiger partial charge in [-0.15, -0.1) is 28.1 Å². The first-order chi connectivity index (χ1) is 18.2. The maximum atomic E-state index is 12.8. The van der Waals surface area contributed by atoms with Gasteiger partial charge in [0.1, 0.15) is 22.2 Å². The van der Waals surface area contributed by atoms with Gasteiger partial charge in [-0.3, -0.25) is 9.36 Å². The van der Waals surface area contributed by atoms with Crippen LogP contribution in [0, 0.1) is 6.92 Å². The summed E-state index contributed by atoms with van der Waals surface area (Å²) in [4.78, 5) is 37.4. The molecule has 0 saturated heterocycles. The number of nitrogens with one attached hydrogen (secondary N) is 1. The first-order valence-corrected chi connectivity index (χ1v) is 13.5. The van der Waals surface area contributed by atoms with E-state index in [4.69, 9.17) is 14.2 Å². The van der Waals surface area contributed by atoms with Crippen LogP contribution in [0.3, 0.4) is 0 Å². The average molecular weight is 559 g/mol. The van der Waals surface area contributed by atoms with E-state index in [2.05, 4.69) is 35.9 Å². The van der Waals surface area contributed by atoms with E-state index in [1.54, 1.807) is 13.0 Å². The van der Waals surface area contributed by atoms with Crippen LogP contribution in [0.5, 0.6) is 5.75 Å². The Kier molecular flexibility index (Phi) is 10.1. The highest BCUT2D eigenvalue weighted by Gasteiger charge is 2.27. The number of ether oxygens (including phenoxy) is 3. The summed E-state index contributed by atoms with van der Waals surface area (Å²) in [5, 5.41) is 11.9.